The Bertz CT molecular complexity index is 952. The second-order valence-corrected chi connectivity index (χ2v) is 6.52. The van der Waals surface area contributed by atoms with E-state index in [0.29, 0.717) is 37.4 Å². The third kappa shape index (κ3) is 4.36. The molecule has 0 bridgehead atoms. The van der Waals surface area contributed by atoms with Crippen LogP contribution >= 0.6 is 0 Å². The summed E-state index contributed by atoms with van der Waals surface area (Å²) in [5.74, 6) is 0.457. The lowest BCUT2D eigenvalue weighted by Gasteiger charge is -2.26. The van der Waals surface area contributed by atoms with Crippen molar-refractivity contribution < 1.29 is 22.6 Å². The standard InChI is InChI=1S/C19H19F3N4O2/c20-19(21,22)28-15-3-4-17-16(11-15)13(12-24-17)1-2-14-5-6-23-18(25-14)26-7-9-27-10-8-26/h3-6,11-12,24H,1-2,7-10H2. The smallest absolute Gasteiger partial charge is 0.406 e. The predicted octanol–water partition coefficient (Wildman–Crippen LogP) is 3.48. The van der Waals surface area contributed by atoms with E-state index in [0.717, 1.165) is 29.9 Å². The van der Waals surface area contributed by atoms with Crippen LogP contribution in [0, 0.1) is 0 Å². The fourth-order valence-electron chi connectivity index (χ4n) is 3.26. The summed E-state index contributed by atoms with van der Waals surface area (Å²) in [6.45, 7) is 2.83. The average molecular weight is 392 g/mol. The highest BCUT2D eigenvalue weighted by atomic mass is 19.4. The van der Waals surface area contributed by atoms with E-state index in [1.54, 1.807) is 12.3 Å². The second-order valence-electron chi connectivity index (χ2n) is 6.52. The van der Waals surface area contributed by atoms with Crippen LogP contribution in [-0.4, -0.2) is 47.6 Å². The number of aromatic nitrogens is 3. The molecule has 1 aliphatic rings. The Balaban J connectivity index is 1.48. The number of H-pyrrole nitrogens is 1. The van der Waals surface area contributed by atoms with Crippen molar-refractivity contribution in [1.29, 1.82) is 0 Å². The van der Waals surface area contributed by atoms with Crippen molar-refractivity contribution in [3.63, 3.8) is 0 Å². The van der Waals surface area contributed by atoms with Crippen molar-refractivity contribution in [2.45, 2.75) is 19.2 Å². The van der Waals surface area contributed by atoms with Crippen LogP contribution in [0.1, 0.15) is 11.3 Å². The summed E-state index contributed by atoms with van der Waals surface area (Å²) in [4.78, 5) is 14.1. The zero-order valence-electron chi connectivity index (χ0n) is 15.0. The van der Waals surface area contributed by atoms with E-state index in [1.807, 2.05) is 12.3 Å². The maximum absolute atomic E-state index is 12.5. The van der Waals surface area contributed by atoms with Gasteiger partial charge in [0.15, 0.2) is 0 Å². The fourth-order valence-corrected chi connectivity index (χ4v) is 3.26. The molecule has 3 heterocycles. The molecule has 0 amide bonds. The van der Waals surface area contributed by atoms with Gasteiger partial charge >= 0.3 is 6.36 Å². The first kappa shape index (κ1) is 18.5. The van der Waals surface area contributed by atoms with Crippen molar-refractivity contribution >= 4 is 16.9 Å². The van der Waals surface area contributed by atoms with Gasteiger partial charge in [-0.1, -0.05) is 0 Å². The van der Waals surface area contributed by atoms with Crippen LogP contribution in [-0.2, 0) is 17.6 Å². The quantitative estimate of drug-likeness (QED) is 0.720. The number of morpholine rings is 1. The van der Waals surface area contributed by atoms with Gasteiger partial charge in [-0.3, -0.25) is 0 Å². The lowest BCUT2D eigenvalue weighted by Crippen LogP contribution is -2.37. The summed E-state index contributed by atoms with van der Waals surface area (Å²) in [6, 6.07) is 6.15. The minimum atomic E-state index is -4.71. The van der Waals surface area contributed by atoms with Crippen molar-refractivity contribution in [3.05, 3.63) is 47.9 Å². The summed E-state index contributed by atoms with van der Waals surface area (Å²) in [5, 5.41) is 0.712. The number of alkyl halides is 3. The third-order valence-corrected chi connectivity index (χ3v) is 4.62. The summed E-state index contributed by atoms with van der Waals surface area (Å²) < 4.78 is 46.8. The summed E-state index contributed by atoms with van der Waals surface area (Å²) >= 11 is 0. The number of aromatic amines is 1. The normalized spacial score (nSPS) is 15.2. The first-order valence-corrected chi connectivity index (χ1v) is 8.98. The molecule has 0 atom stereocenters. The molecule has 1 N–H and O–H groups in total. The monoisotopic (exact) mass is 392 g/mol. The van der Waals surface area contributed by atoms with Gasteiger partial charge in [-0.15, -0.1) is 13.2 Å². The van der Waals surface area contributed by atoms with Gasteiger partial charge in [0.1, 0.15) is 5.75 Å². The number of nitrogens with zero attached hydrogens (tertiary/aromatic N) is 3. The van der Waals surface area contributed by atoms with Crippen LogP contribution in [0.4, 0.5) is 19.1 Å². The molecule has 0 radical (unpaired) electrons. The van der Waals surface area contributed by atoms with Gasteiger partial charge in [-0.05, 0) is 42.7 Å². The Morgan fingerprint density at radius 1 is 1.14 bits per heavy atom. The highest BCUT2D eigenvalue weighted by molar-refractivity contribution is 5.84. The Kier molecular flexibility index (Phi) is 5.08. The Morgan fingerprint density at radius 2 is 1.96 bits per heavy atom. The number of ether oxygens (including phenoxy) is 2. The molecule has 148 valence electrons. The molecule has 9 heteroatoms. The molecule has 1 aromatic carbocycles. The van der Waals surface area contributed by atoms with Crippen LogP contribution in [0.2, 0.25) is 0 Å². The minimum Gasteiger partial charge on any atom is -0.406 e. The fraction of sp³-hybridized carbons (Fsp3) is 0.368. The first-order chi connectivity index (χ1) is 13.5. The highest BCUT2D eigenvalue weighted by Crippen LogP contribution is 2.28. The number of nitrogens with one attached hydrogen (secondary N) is 1. The van der Waals surface area contributed by atoms with E-state index in [4.69, 9.17) is 4.74 Å². The number of benzene rings is 1. The van der Waals surface area contributed by atoms with Crippen molar-refractivity contribution in [1.82, 2.24) is 15.0 Å². The van der Waals surface area contributed by atoms with Gasteiger partial charge in [-0.2, -0.15) is 0 Å². The number of halogens is 3. The van der Waals surface area contributed by atoms with Crippen LogP contribution < -0.4 is 9.64 Å². The molecule has 0 saturated carbocycles. The lowest BCUT2D eigenvalue weighted by molar-refractivity contribution is -0.274. The Morgan fingerprint density at radius 3 is 2.75 bits per heavy atom. The van der Waals surface area contributed by atoms with E-state index in [9.17, 15) is 13.2 Å². The number of hydrogen-bond acceptors (Lipinski definition) is 5. The Hall–Kier alpha value is -2.81. The number of anilines is 1. The maximum atomic E-state index is 12.5. The first-order valence-electron chi connectivity index (χ1n) is 8.98. The lowest BCUT2D eigenvalue weighted by atomic mass is 10.1. The molecule has 3 aromatic rings. The molecule has 28 heavy (non-hydrogen) atoms. The van der Waals surface area contributed by atoms with Gasteiger partial charge in [-0.25, -0.2) is 9.97 Å². The molecule has 1 saturated heterocycles. The third-order valence-electron chi connectivity index (χ3n) is 4.62. The summed E-state index contributed by atoms with van der Waals surface area (Å²) in [7, 11) is 0. The number of aryl methyl sites for hydroxylation is 2. The number of hydrogen-bond donors (Lipinski definition) is 1. The molecular weight excluding hydrogens is 373 g/mol. The molecule has 1 fully saturated rings. The Labute approximate surface area is 159 Å². The van der Waals surface area contributed by atoms with E-state index in [2.05, 4.69) is 24.6 Å². The van der Waals surface area contributed by atoms with Crippen molar-refractivity contribution in [2.75, 3.05) is 31.2 Å². The van der Waals surface area contributed by atoms with E-state index in [1.165, 1.54) is 12.1 Å². The van der Waals surface area contributed by atoms with Crippen LogP contribution in [0.15, 0.2) is 36.7 Å². The van der Waals surface area contributed by atoms with Gasteiger partial charge in [0, 0.05) is 42.1 Å². The highest BCUT2D eigenvalue weighted by Gasteiger charge is 2.31. The predicted molar refractivity (Wildman–Crippen MR) is 97.5 cm³/mol. The summed E-state index contributed by atoms with van der Waals surface area (Å²) in [5.41, 5.74) is 2.56. The van der Waals surface area contributed by atoms with Gasteiger partial charge in [0.2, 0.25) is 5.95 Å². The second kappa shape index (κ2) is 7.67. The van der Waals surface area contributed by atoms with Gasteiger partial charge in [0.25, 0.3) is 0 Å². The van der Waals surface area contributed by atoms with Crippen LogP contribution in [0.25, 0.3) is 10.9 Å². The zero-order chi connectivity index (χ0) is 19.6. The van der Waals surface area contributed by atoms with E-state index >= 15 is 0 Å². The van der Waals surface area contributed by atoms with Gasteiger partial charge < -0.3 is 19.4 Å². The molecule has 0 unspecified atom stereocenters. The minimum absolute atomic E-state index is 0.225. The maximum Gasteiger partial charge on any atom is 0.573 e. The van der Waals surface area contributed by atoms with Gasteiger partial charge in [0.05, 0.1) is 13.2 Å². The number of fused-ring (bicyclic) bond motifs is 1. The molecule has 4 rings (SSSR count). The molecule has 1 aliphatic heterocycles. The SMILES string of the molecule is FC(F)(F)Oc1ccc2[nH]cc(CCc3ccnc(N4CCOCC4)n3)c2c1. The number of rotatable bonds is 5. The molecular formula is C19H19F3N4O2. The molecule has 6 nitrogen and oxygen atoms in total. The molecule has 2 aromatic heterocycles. The largest absolute Gasteiger partial charge is 0.573 e. The van der Waals surface area contributed by atoms with Crippen LogP contribution in [0.5, 0.6) is 5.75 Å². The van der Waals surface area contributed by atoms with Crippen molar-refractivity contribution in [2.24, 2.45) is 0 Å². The average Bonchev–Trinajstić information content (AvgIpc) is 3.08. The van der Waals surface area contributed by atoms with Crippen molar-refractivity contribution in [3.8, 4) is 5.75 Å². The van der Waals surface area contributed by atoms with Crippen LogP contribution in [0.3, 0.4) is 0 Å². The van der Waals surface area contributed by atoms with E-state index < -0.39 is 6.36 Å². The topological polar surface area (TPSA) is 63.3 Å². The molecule has 0 aliphatic carbocycles. The summed E-state index contributed by atoms with van der Waals surface area (Å²) in [6.07, 6.45) is 0.122. The molecule has 0 spiro atoms. The zero-order valence-corrected chi connectivity index (χ0v) is 15.0. The van der Waals surface area contributed by atoms with E-state index in [-0.39, 0.29) is 5.75 Å².